The Morgan fingerprint density at radius 3 is 2.75 bits per heavy atom. The monoisotopic (exact) mass is 535 g/mol. The van der Waals surface area contributed by atoms with Crippen molar-refractivity contribution < 1.29 is 4.79 Å². The largest absolute Gasteiger partial charge is 0.355 e. The lowest BCUT2D eigenvalue weighted by atomic mass is 9.94. The molecule has 6 heterocycles. The van der Waals surface area contributed by atoms with Gasteiger partial charge in [-0.05, 0) is 80.9 Å². The van der Waals surface area contributed by atoms with Gasteiger partial charge in [0.2, 0.25) is 5.91 Å². The topological polar surface area (TPSA) is 128 Å². The van der Waals surface area contributed by atoms with E-state index in [-0.39, 0.29) is 5.91 Å². The Balaban J connectivity index is 1.17. The maximum Gasteiger partial charge on any atom is 0.224 e. The number of rotatable bonds is 6. The average molecular weight is 536 g/mol. The Bertz CT molecular complexity index is 1660. The number of aromatic nitrogens is 6. The van der Waals surface area contributed by atoms with Crippen molar-refractivity contribution in [1.82, 2.24) is 35.5 Å². The van der Waals surface area contributed by atoms with Crippen molar-refractivity contribution in [3.8, 4) is 22.6 Å². The van der Waals surface area contributed by atoms with E-state index in [0.717, 1.165) is 83.6 Å². The number of aromatic amines is 2. The van der Waals surface area contributed by atoms with Crippen LogP contribution in [0.4, 0.5) is 11.5 Å². The number of nitrogens with one attached hydrogen (secondary N) is 4. The molecule has 40 heavy (non-hydrogen) atoms. The molecule has 2 saturated heterocycles. The van der Waals surface area contributed by atoms with E-state index in [9.17, 15) is 4.79 Å². The first-order chi connectivity index (χ1) is 19.7. The molecule has 4 aromatic heterocycles. The smallest absolute Gasteiger partial charge is 0.224 e. The highest BCUT2D eigenvalue weighted by Gasteiger charge is 2.20. The Morgan fingerprint density at radius 1 is 1.00 bits per heavy atom. The summed E-state index contributed by atoms with van der Waals surface area (Å²) in [6.45, 7) is 3.99. The summed E-state index contributed by atoms with van der Waals surface area (Å²) in [4.78, 5) is 32.5. The lowest BCUT2D eigenvalue weighted by Crippen LogP contribution is -2.30. The molecule has 2 fully saturated rings. The Hall–Kier alpha value is -4.31. The van der Waals surface area contributed by atoms with Gasteiger partial charge in [0.05, 0.1) is 22.9 Å². The van der Waals surface area contributed by atoms with Crippen molar-refractivity contribution in [2.45, 2.75) is 38.5 Å². The normalized spacial score (nSPS) is 16.6. The minimum Gasteiger partial charge on any atom is -0.355 e. The van der Waals surface area contributed by atoms with Gasteiger partial charge in [-0.1, -0.05) is 6.07 Å². The average Bonchev–Trinajstić information content (AvgIpc) is 3.62. The van der Waals surface area contributed by atoms with Gasteiger partial charge in [-0.3, -0.25) is 14.9 Å². The molecule has 2 aliphatic heterocycles. The van der Waals surface area contributed by atoms with Crippen LogP contribution in [-0.2, 0) is 4.79 Å². The molecule has 5 aromatic rings. The van der Waals surface area contributed by atoms with Gasteiger partial charge in [-0.15, -0.1) is 0 Å². The molecule has 0 radical (unpaired) electrons. The predicted molar refractivity (Wildman–Crippen MR) is 157 cm³/mol. The Labute approximate surface area is 232 Å². The summed E-state index contributed by atoms with van der Waals surface area (Å²) in [5.41, 5.74) is 6.14. The molecule has 2 aliphatic rings. The van der Waals surface area contributed by atoms with Crippen LogP contribution in [0, 0.1) is 5.92 Å². The molecular weight excluding hydrogens is 502 g/mol. The number of hydrogen-bond donors (Lipinski definition) is 4. The number of pyridine rings is 2. The fraction of sp³-hybridized carbons (Fsp3) is 0.367. The third-order valence-corrected chi connectivity index (χ3v) is 8.11. The number of carbonyl (C=O) groups is 1. The van der Waals surface area contributed by atoms with Gasteiger partial charge < -0.3 is 20.5 Å². The molecule has 0 saturated carbocycles. The zero-order valence-electron chi connectivity index (χ0n) is 22.4. The highest BCUT2D eigenvalue weighted by molar-refractivity contribution is 5.97. The van der Waals surface area contributed by atoms with E-state index in [1.807, 2.05) is 36.7 Å². The Kier molecular flexibility index (Phi) is 6.60. The van der Waals surface area contributed by atoms with Crippen molar-refractivity contribution in [1.29, 1.82) is 0 Å². The summed E-state index contributed by atoms with van der Waals surface area (Å²) in [6, 6.07) is 10.1. The minimum absolute atomic E-state index is 0.0433. The van der Waals surface area contributed by atoms with Gasteiger partial charge in [0, 0.05) is 42.9 Å². The highest BCUT2D eigenvalue weighted by Crippen LogP contribution is 2.33. The van der Waals surface area contributed by atoms with Crippen LogP contribution < -0.4 is 15.5 Å². The van der Waals surface area contributed by atoms with E-state index in [4.69, 9.17) is 4.98 Å². The zero-order valence-corrected chi connectivity index (χ0v) is 22.4. The van der Waals surface area contributed by atoms with E-state index in [0.29, 0.717) is 23.9 Å². The van der Waals surface area contributed by atoms with Crippen molar-refractivity contribution in [2.75, 3.05) is 36.4 Å². The molecular formula is C30H33N9O. The van der Waals surface area contributed by atoms with Gasteiger partial charge in [0.15, 0.2) is 11.6 Å². The first kappa shape index (κ1) is 24.7. The van der Waals surface area contributed by atoms with Gasteiger partial charge in [0.25, 0.3) is 0 Å². The van der Waals surface area contributed by atoms with Crippen LogP contribution in [0.1, 0.15) is 38.5 Å². The number of imidazole rings is 1. The second-order valence-corrected chi connectivity index (χ2v) is 10.9. The minimum atomic E-state index is 0.0433. The summed E-state index contributed by atoms with van der Waals surface area (Å²) in [7, 11) is 0. The van der Waals surface area contributed by atoms with Crippen LogP contribution in [0.2, 0.25) is 0 Å². The number of hydrogen-bond acceptors (Lipinski definition) is 7. The standard InChI is InChI=1S/C30H33N9O/c40-26(14-19-6-9-31-10-7-19)34-22-15-21(17-32-18-22)20-4-5-24-23(16-20)27(38-37-24)29-35-25-8-11-33-30(28(25)36-29)39-12-2-1-3-13-39/h4-5,8,11,15-19,31H,1-3,6-7,9-10,12-14H2,(H,34,40)(H,35,36)(H,37,38). The summed E-state index contributed by atoms with van der Waals surface area (Å²) >= 11 is 0. The molecule has 0 unspecified atom stereocenters. The van der Waals surface area contributed by atoms with Gasteiger partial charge in [0.1, 0.15) is 11.2 Å². The number of carbonyl (C=O) groups excluding carboxylic acids is 1. The van der Waals surface area contributed by atoms with Crippen LogP contribution in [-0.4, -0.2) is 62.2 Å². The maximum absolute atomic E-state index is 12.7. The summed E-state index contributed by atoms with van der Waals surface area (Å²) in [6.07, 6.45) is 11.6. The molecule has 0 atom stereocenters. The lowest BCUT2D eigenvalue weighted by Gasteiger charge is -2.27. The molecule has 10 heteroatoms. The van der Waals surface area contributed by atoms with Gasteiger partial charge >= 0.3 is 0 Å². The number of fused-ring (bicyclic) bond motifs is 2. The molecule has 0 aliphatic carbocycles. The first-order valence-corrected chi connectivity index (χ1v) is 14.3. The third kappa shape index (κ3) is 4.90. The van der Waals surface area contributed by atoms with Crippen LogP contribution in [0.5, 0.6) is 0 Å². The van der Waals surface area contributed by atoms with Crippen LogP contribution in [0.15, 0.2) is 48.9 Å². The number of piperidine rings is 2. The molecule has 10 nitrogen and oxygen atoms in total. The van der Waals surface area contributed by atoms with Crippen molar-refractivity contribution in [3.05, 3.63) is 48.9 Å². The number of amides is 1. The number of benzene rings is 1. The second-order valence-electron chi connectivity index (χ2n) is 10.9. The first-order valence-electron chi connectivity index (χ1n) is 14.3. The van der Waals surface area contributed by atoms with Gasteiger partial charge in [-0.2, -0.15) is 5.10 Å². The molecule has 204 valence electrons. The van der Waals surface area contributed by atoms with Crippen LogP contribution in [0.25, 0.3) is 44.6 Å². The zero-order chi connectivity index (χ0) is 26.9. The summed E-state index contributed by atoms with van der Waals surface area (Å²) in [5.74, 6) is 2.12. The lowest BCUT2D eigenvalue weighted by molar-refractivity contribution is -0.117. The highest BCUT2D eigenvalue weighted by atomic mass is 16.1. The third-order valence-electron chi connectivity index (χ3n) is 8.11. The summed E-state index contributed by atoms with van der Waals surface area (Å²) in [5, 5.41) is 15.1. The van der Waals surface area contributed by atoms with Crippen LogP contribution >= 0.6 is 0 Å². The Morgan fingerprint density at radius 2 is 1.88 bits per heavy atom. The predicted octanol–water partition coefficient (Wildman–Crippen LogP) is 4.88. The molecule has 7 rings (SSSR count). The molecule has 1 aromatic carbocycles. The van der Waals surface area contributed by atoms with E-state index in [2.05, 4.69) is 46.7 Å². The SMILES string of the molecule is O=C(CC1CCNCC1)Nc1cncc(-c2ccc3[nH]nc(-c4nc5c(N6CCCCC6)nccc5[nH]4)c3c2)c1. The van der Waals surface area contributed by atoms with E-state index in [1.54, 1.807) is 6.20 Å². The molecule has 1 amide bonds. The quantitative estimate of drug-likeness (QED) is 0.244. The number of H-pyrrole nitrogens is 2. The van der Waals surface area contributed by atoms with Crippen LogP contribution in [0.3, 0.4) is 0 Å². The fourth-order valence-electron chi connectivity index (χ4n) is 5.97. The molecule has 0 spiro atoms. The molecule has 4 N–H and O–H groups in total. The maximum atomic E-state index is 12.7. The summed E-state index contributed by atoms with van der Waals surface area (Å²) < 4.78 is 0. The van der Waals surface area contributed by atoms with E-state index < -0.39 is 0 Å². The number of nitrogens with zero attached hydrogens (tertiary/aromatic N) is 5. The van der Waals surface area contributed by atoms with Crippen molar-refractivity contribution in [3.63, 3.8) is 0 Å². The van der Waals surface area contributed by atoms with E-state index in [1.165, 1.54) is 19.3 Å². The molecule has 0 bridgehead atoms. The van der Waals surface area contributed by atoms with E-state index >= 15 is 0 Å². The van der Waals surface area contributed by atoms with Gasteiger partial charge in [-0.25, -0.2) is 9.97 Å². The van der Waals surface area contributed by atoms with Crippen molar-refractivity contribution >= 4 is 39.3 Å². The van der Waals surface area contributed by atoms with Crippen molar-refractivity contribution in [2.24, 2.45) is 5.92 Å². The second kappa shape index (κ2) is 10.7. The fourth-order valence-corrected chi connectivity index (χ4v) is 5.97. The number of anilines is 2.